The van der Waals surface area contributed by atoms with Gasteiger partial charge in [-0.3, -0.25) is 0 Å². The SMILES string of the molecule is CCC[N+]1(C)CC(C(C)(C)C)C(C)N1. The molecule has 1 heterocycles. The molecule has 1 N–H and O–H groups in total. The lowest BCUT2D eigenvalue weighted by Gasteiger charge is -2.30. The Morgan fingerprint density at radius 2 is 1.93 bits per heavy atom. The summed E-state index contributed by atoms with van der Waals surface area (Å²) >= 11 is 0. The molecule has 0 aromatic carbocycles. The lowest BCUT2D eigenvalue weighted by molar-refractivity contribution is -0.942. The van der Waals surface area contributed by atoms with Crippen molar-refractivity contribution in [2.75, 3.05) is 20.1 Å². The molecule has 0 aromatic heterocycles. The highest BCUT2D eigenvalue weighted by atomic mass is 15.7. The first kappa shape index (κ1) is 12.0. The summed E-state index contributed by atoms with van der Waals surface area (Å²) < 4.78 is 1.06. The Morgan fingerprint density at radius 1 is 1.36 bits per heavy atom. The van der Waals surface area contributed by atoms with Crippen LogP contribution in [0.2, 0.25) is 0 Å². The van der Waals surface area contributed by atoms with Crippen LogP contribution in [0.3, 0.4) is 0 Å². The molecule has 1 saturated heterocycles. The van der Waals surface area contributed by atoms with Gasteiger partial charge in [0, 0.05) is 5.92 Å². The van der Waals surface area contributed by atoms with Crippen molar-refractivity contribution in [1.29, 1.82) is 0 Å². The van der Waals surface area contributed by atoms with Crippen LogP contribution in [-0.4, -0.2) is 30.8 Å². The number of hydrogen-bond acceptors (Lipinski definition) is 1. The quantitative estimate of drug-likeness (QED) is 0.674. The third-order valence-electron chi connectivity index (χ3n) is 3.55. The van der Waals surface area contributed by atoms with Gasteiger partial charge in [-0.1, -0.05) is 27.7 Å². The van der Waals surface area contributed by atoms with Crippen molar-refractivity contribution in [3.05, 3.63) is 0 Å². The summed E-state index contributed by atoms with van der Waals surface area (Å²) in [5.41, 5.74) is 4.15. The highest BCUT2D eigenvalue weighted by Crippen LogP contribution is 2.34. The van der Waals surface area contributed by atoms with E-state index < -0.39 is 0 Å². The fraction of sp³-hybridized carbons (Fsp3) is 1.00. The van der Waals surface area contributed by atoms with Gasteiger partial charge in [-0.05, 0) is 18.8 Å². The topological polar surface area (TPSA) is 12.0 Å². The minimum absolute atomic E-state index is 0.427. The smallest absolute Gasteiger partial charge is 0.101 e. The fourth-order valence-electron chi connectivity index (χ4n) is 2.90. The molecule has 0 aromatic rings. The zero-order chi connectivity index (χ0) is 11.0. The largest absolute Gasteiger partial charge is 0.248 e. The monoisotopic (exact) mass is 199 g/mol. The van der Waals surface area contributed by atoms with Gasteiger partial charge < -0.3 is 0 Å². The van der Waals surface area contributed by atoms with Crippen molar-refractivity contribution in [2.45, 2.75) is 47.1 Å². The second kappa shape index (κ2) is 3.82. The van der Waals surface area contributed by atoms with Gasteiger partial charge in [-0.2, -0.15) is 5.43 Å². The maximum atomic E-state index is 3.73. The highest BCUT2D eigenvalue weighted by molar-refractivity contribution is 4.84. The Labute approximate surface area is 89.2 Å². The molecule has 3 atom stereocenters. The summed E-state index contributed by atoms with van der Waals surface area (Å²) in [6, 6.07) is 0.645. The molecule has 1 aliphatic heterocycles. The number of nitrogens with one attached hydrogen (secondary N) is 1. The van der Waals surface area contributed by atoms with Crippen LogP contribution in [0.5, 0.6) is 0 Å². The van der Waals surface area contributed by atoms with Crippen LogP contribution < -0.4 is 5.43 Å². The van der Waals surface area contributed by atoms with E-state index in [1.807, 2.05) is 0 Å². The second-order valence-corrected chi connectivity index (χ2v) is 6.19. The summed E-state index contributed by atoms with van der Waals surface area (Å²) in [5, 5.41) is 0. The van der Waals surface area contributed by atoms with Gasteiger partial charge >= 0.3 is 0 Å². The molecule has 0 amide bonds. The van der Waals surface area contributed by atoms with Crippen molar-refractivity contribution in [1.82, 2.24) is 5.43 Å². The summed E-state index contributed by atoms with van der Waals surface area (Å²) in [6.07, 6.45) is 1.26. The van der Waals surface area contributed by atoms with Crippen LogP contribution in [0.4, 0.5) is 0 Å². The Morgan fingerprint density at radius 3 is 2.29 bits per heavy atom. The first-order valence-electron chi connectivity index (χ1n) is 5.91. The minimum atomic E-state index is 0.427. The molecule has 1 rings (SSSR count). The molecule has 2 heteroatoms. The minimum Gasteiger partial charge on any atom is -0.248 e. The molecular formula is C12H27N2+. The Kier molecular flexibility index (Phi) is 3.27. The van der Waals surface area contributed by atoms with Gasteiger partial charge in [0.2, 0.25) is 0 Å². The molecule has 0 aliphatic carbocycles. The molecular weight excluding hydrogens is 172 g/mol. The Hall–Kier alpha value is -0.0800. The summed E-state index contributed by atoms with van der Waals surface area (Å²) in [4.78, 5) is 0. The van der Waals surface area contributed by atoms with Crippen LogP contribution in [0.25, 0.3) is 0 Å². The number of rotatable bonds is 2. The molecule has 0 bridgehead atoms. The molecule has 0 saturated carbocycles. The Balaban J connectivity index is 2.68. The zero-order valence-corrected chi connectivity index (χ0v) is 10.7. The van der Waals surface area contributed by atoms with Crippen LogP contribution in [0.15, 0.2) is 0 Å². The van der Waals surface area contributed by atoms with Crippen LogP contribution in [0.1, 0.15) is 41.0 Å². The maximum absolute atomic E-state index is 3.73. The van der Waals surface area contributed by atoms with Gasteiger partial charge in [0.1, 0.15) is 6.54 Å². The Bertz CT molecular complexity index is 195. The predicted molar refractivity (Wildman–Crippen MR) is 61.8 cm³/mol. The third kappa shape index (κ3) is 2.48. The van der Waals surface area contributed by atoms with Gasteiger partial charge in [0.15, 0.2) is 0 Å². The summed E-state index contributed by atoms with van der Waals surface area (Å²) in [7, 11) is 2.33. The van der Waals surface area contributed by atoms with E-state index in [-0.39, 0.29) is 0 Å². The first-order valence-corrected chi connectivity index (χ1v) is 5.91. The summed E-state index contributed by atoms with van der Waals surface area (Å²) in [5.74, 6) is 0.791. The third-order valence-corrected chi connectivity index (χ3v) is 3.55. The van der Waals surface area contributed by atoms with Gasteiger partial charge in [0.25, 0.3) is 0 Å². The van der Waals surface area contributed by atoms with Crippen LogP contribution >= 0.6 is 0 Å². The van der Waals surface area contributed by atoms with E-state index in [4.69, 9.17) is 0 Å². The highest BCUT2D eigenvalue weighted by Gasteiger charge is 2.44. The van der Waals surface area contributed by atoms with Crippen molar-refractivity contribution in [3.63, 3.8) is 0 Å². The fourth-order valence-corrected chi connectivity index (χ4v) is 2.90. The van der Waals surface area contributed by atoms with Crippen molar-refractivity contribution in [3.8, 4) is 0 Å². The summed E-state index contributed by atoms with van der Waals surface area (Å²) in [6.45, 7) is 14.2. The standard InChI is InChI=1S/C12H27N2/c1-7-8-14(6)9-11(10(2)13-14)12(3,4)5/h10-11,13H,7-9H2,1-6H3/q+1. The van der Waals surface area contributed by atoms with Gasteiger partial charge in [-0.25, -0.2) is 4.59 Å². The molecule has 0 spiro atoms. The van der Waals surface area contributed by atoms with E-state index >= 15 is 0 Å². The van der Waals surface area contributed by atoms with Crippen LogP contribution in [-0.2, 0) is 0 Å². The molecule has 14 heavy (non-hydrogen) atoms. The number of nitrogens with zero attached hydrogens (tertiary/aromatic N) is 1. The zero-order valence-electron chi connectivity index (χ0n) is 10.7. The molecule has 3 unspecified atom stereocenters. The maximum Gasteiger partial charge on any atom is 0.101 e. The van der Waals surface area contributed by atoms with E-state index in [9.17, 15) is 0 Å². The van der Waals surface area contributed by atoms with Crippen molar-refractivity contribution in [2.24, 2.45) is 11.3 Å². The number of hydrogen-bond donors (Lipinski definition) is 1. The average Bonchev–Trinajstić information content (AvgIpc) is 2.26. The lowest BCUT2D eigenvalue weighted by atomic mass is 9.77. The normalized spacial score (nSPS) is 39.0. The number of quaternary nitrogens is 1. The average molecular weight is 199 g/mol. The molecule has 2 nitrogen and oxygen atoms in total. The lowest BCUT2D eigenvalue weighted by Crippen LogP contribution is -2.51. The molecule has 1 fully saturated rings. The van der Waals surface area contributed by atoms with Gasteiger partial charge in [0.05, 0.1) is 19.6 Å². The first-order chi connectivity index (χ1) is 6.28. The van der Waals surface area contributed by atoms with Gasteiger partial charge in [-0.15, -0.1) is 0 Å². The molecule has 1 aliphatic rings. The predicted octanol–water partition coefficient (Wildman–Crippen LogP) is 2.41. The van der Waals surface area contributed by atoms with E-state index in [2.05, 4.69) is 47.1 Å². The van der Waals surface area contributed by atoms with E-state index in [0.29, 0.717) is 11.5 Å². The van der Waals surface area contributed by atoms with E-state index in [1.54, 1.807) is 0 Å². The van der Waals surface area contributed by atoms with E-state index in [1.165, 1.54) is 19.5 Å². The second-order valence-electron chi connectivity index (χ2n) is 6.19. The molecule has 0 radical (unpaired) electrons. The van der Waals surface area contributed by atoms with Crippen molar-refractivity contribution < 1.29 is 4.59 Å². The molecule has 84 valence electrons. The van der Waals surface area contributed by atoms with Crippen LogP contribution in [0, 0.1) is 11.3 Å². The van der Waals surface area contributed by atoms with Crippen molar-refractivity contribution >= 4 is 0 Å². The van der Waals surface area contributed by atoms with E-state index in [0.717, 1.165) is 10.5 Å².